The predicted octanol–water partition coefficient (Wildman–Crippen LogP) is 2.64. The number of benzene rings is 1. The first-order valence-electron chi connectivity index (χ1n) is 7.84. The molecule has 0 spiro atoms. The third-order valence-electron chi connectivity index (χ3n) is 4.26. The Balaban J connectivity index is 0.00000242. The quantitative estimate of drug-likeness (QED) is 0.874. The van der Waals surface area contributed by atoms with Gasteiger partial charge in [0.1, 0.15) is 5.75 Å². The van der Waals surface area contributed by atoms with Crippen molar-refractivity contribution < 1.29 is 9.53 Å². The molecule has 1 fully saturated rings. The summed E-state index contributed by atoms with van der Waals surface area (Å²) in [6.07, 6.45) is 4.57. The molecule has 124 valence electrons. The Morgan fingerprint density at radius 1 is 1.32 bits per heavy atom. The zero-order chi connectivity index (χ0) is 15.1. The van der Waals surface area contributed by atoms with Gasteiger partial charge in [0.2, 0.25) is 5.91 Å². The number of carbonyl (C=O) groups excluding carboxylic acids is 1. The number of likely N-dealkylation sites (tertiary alicyclic amines) is 1. The van der Waals surface area contributed by atoms with Crippen molar-refractivity contribution in [2.75, 3.05) is 26.7 Å². The van der Waals surface area contributed by atoms with Crippen LogP contribution in [-0.4, -0.2) is 37.6 Å². The van der Waals surface area contributed by atoms with E-state index >= 15 is 0 Å². The first kappa shape index (κ1) is 18.8. The maximum absolute atomic E-state index is 12.0. The smallest absolute Gasteiger partial charge is 0.222 e. The summed E-state index contributed by atoms with van der Waals surface area (Å²) in [4.78, 5) is 14.0. The van der Waals surface area contributed by atoms with E-state index in [1.165, 1.54) is 5.56 Å². The highest BCUT2D eigenvalue weighted by molar-refractivity contribution is 5.85. The van der Waals surface area contributed by atoms with Crippen LogP contribution in [0.15, 0.2) is 24.3 Å². The molecule has 1 aliphatic heterocycles. The molecule has 1 heterocycles. The number of para-hydroxylation sites is 1. The minimum absolute atomic E-state index is 0. The topological polar surface area (TPSA) is 55.6 Å². The van der Waals surface area contributed by atoms with Crippen LogP contribution in [0, 0.1) is 5.92 Å². The van der Waals surface area contributed by atoms with E-state index in [1.807, 2.05) is 17.0 Å². The summed E-state index contributed by atoms with van der Waals surface area (Å²) in [6.45, 7) is 2.35. The van der Waals surface area contributed by atoms with Crippen molar-refractivity contribution in [3.63, 3.8) is 0 Å². The Morgan fingerprint density at radius 3 is 2.64 bits per heavy atom. The number of nitrogens with zero attached hydrogens (tertiary/aromatic N) is 1. The lowest BCUT2D eigenvalue weighted by atomic mass is 9.89. The van der Waals surface area contributed by atoms with Crippen LogP contribution in [0.5, 0.6) is 5.75 Å². The summed E-state index contributed by atoms with van der Waals surface area (Å²) >= 11 is 0. The molecule has 1 aromatic rings. The summed E-state index contributed by atoms with van der Waals surface area (Å²) in [5.41, 5.74) is 6.73. The van der Waals surface area contributed by atoms with Gasteiger partial charge in [-0.1, -0.05) is 18.2 Å². The molecule has 0 bridgehead atoms. The van der Waals surface area contributed by atoms with Gasteiger partial charge in [0.05, 0.1) is 7.11 Å². The third kappa shape index (κ3) is 5.18. The van der Waals surface area contributed by atoms with Gasteiger partial charge in [-0.05, 0) is 49.8 Å². The maximum atomic E-state index is 12.0. The molecular formula is C17H27ClN2O2. The molecule has 0 unspecified atom stereocenters. The van der Waals surface area contributed by atoms with Crippen LogP contribution in [0.25, 0.3) is 0 Å². The summed E-state index contributed by atoms with van der Waals surface area (Å²) in [6, 6.07) is 8.21. The van der Waals surface area contributed by atoms with Gasteiger partial charge in [-0.25, -0.2) is 0 Å². The molecule has 0 saturated carbocycles. The monoisotopic (exact) mass is 326 g/mol. The minimum atomic E-state index is 0. The molecular weight excluding hydrogens is 300 g/mol. The highest BCUT2D eigenvalue weighted by Gasteiger charge is 2.23. The molecule has 1 aromatic carbocycles. The molecule has 5 heteroatoms. The molecule has 0 radical (unpaired) electrons. The number of ether oxygens (including phenoxy) is 1. The molecule has 4 nitrogen and oxygen atoms in total. The Labute approximate surface area is 139 Å². The van der Waals surface area contributed by atoms with Crippen molar-refractivity contribution in [3.05, 3.63) is 29.8 Å². The average molecular weight is 327 g/mol. The largest absolute Gasteiger partial charge is 0.496 e. The lowest BCUT2D eigenvalue weighted by molar-refractivity contribution is -0.132. The van der Waals surface area contributed by atoms with Gasteiger partial charge in [-0.15, -0.1) is 12.4 Å². The Morgan fingerprint density at radius 2 is 2.00 bits per heavy atom. The van der Waals surface area contributed by atoms with Crippen LogP contribution in [0.1, 0.15) is 31.2 Å². The molecule has 1 amide bonds. The van der Waals surface area contributed by atoms with Crippen molar-refractivity contribution in [1.29, 1.82) is 0 Å². The number of methoxy groups -OCH3 is 1. The second kappa shape index (κ2) is 9.70. The molecule has 1 aliphatic rings. The van der Waals surface area contributed by atoms with E-state index in [9.17, 15) is 4.79 Å². The van der Waals surface area contributed by atoms with Crippen LogP contribution in [0.4, 0.5) is 0 Å². The molecule has 1 saturated heterocycles. The van der Waals surface area contributed by atoms with E-state index in [0.29, 0.717) is 18.9 Å². The van der Waals surface area contributed by atoms with Crippen molar-refractivity contribution in [2.24, 2.45) is 11.7 Å². The highest BCUT2D eigenvalue weighted by atomic mass is 35.5. The number of hydrogen-bond donors (Lipinski definition) is 1. The summed E-state index contributed by atoms with van der Waals surface area (Å²) in [5, 5.41) is 0. The standard InChI is InChI=1S/C17H26N2O2.ClH/c1-21-16-6-3-2-5-15(16)13-14-8-11-19(12-9-14)17(20)7-4-10-18;/h2-3,5-6,14H,4,7-13,18H2,1H3;1H. The fourth-order valence-corrected chi connectivity index (χ4v) is 2.98. The summed E-state index contributed by atoms with van der Waals surface area (Å²) in [7, 11) is 1.72. The van der Waals surface area contributed by atoms with E-state index in [4.69, 9.17) is 10.5 Å². The lowest BCUT2D eigenvalue weighted by Crippen LogP contribution is -2.39. The fourth-order valence-electron chi connectivity index (χ4n) is 2.98. The van der Waals surface area contributed by atoms with Crippen molar-refractivity contribution in [2.45, 2.75) is 32.1 Å². The Bertz CT molecular complexity index is 460. The average Bonchev–Trinajstić information content (AvgIpc) is 2.54. The van der Waals surface area contributed by atoms with Gasteiger partial charge in [-0.2, -0.15) is 0 Å². The van der Waals surface area contributed by atoms with E-state index in [0.717, 1.165) is 44.5 Å². The normalized spacial score (nSPS) is 15.3. The zero-order valence-electron chi connectivity index (χ0n) is 13.3. The SMILES string of the molecule is COc1ccccc1CC1CCN(C(=O)CCCN)CC1.Cl. The van der Waals surface area contributed by atoms with Crippen molar-refractivity contribution in [1.82, 2.24) is 4.90 Å². The van der Waals surface area contributed by atoms with Gasteiger partial charge in [0.25, 0.3) is 0 Å². The zero-order valence-corrected chi connectivity index (χ0v) is 14.1. The van der Waals surface area contributed by atoms with Crippen LogP contribution < -0.4 is 10.5 Å². The minimum Gasteiger partial charge on any atom is -0.496 e. The molecule has 2 N–H and O–H groups in total. The Hall–Kier alpha value is -1.26. The van der Waals surface area contributed by atoms with E-state index < -0.39 is 0 Å². The number of carbonyl (C=O) groups is 1. The second-order valence-electron chi connectivity index (χ2n) is 5.73. The fraction of sp³-hybridized carbons (Fsp3) is 0.588. The number of hydrogen-bond acceptors (Lipinski definition) is 3. The molecule has 2 rings (SSSR count). The van der Waals surface area contributed by atoms with Gasteiger partial charge >= 0.3 is 0 Å². The van der Waals surface area contributed by atoms with Gasteiger partial charge in [0, 0.05) is 19.5 Å². The number of rotatable bonds is 6. The van der Waals surface area contributed by atoms with E-state index in [2.05, 4.69) is 12.1 Å². The lowest BCUT2D eigenvalue weighted by Gasteiger charge is -2.32. The highest BCUT2D eigenvalue weighted by Crippen LogP contribution is 2.26. The predicted molar refractivity (Wildman–Crippen MR) is 91.5 cm³/mol. The van der Waals surface area contributed by atoms with Gasteiger partial charge in [0.15, 0.2) is 0 Å². The summed E-state index contributed by atoms with van der Waals surface area (Å²) < 4.78 is 5.41. The second-order valence-corrected chi connectivity index (χ2v) is 5.73. The van der Waals surface area contributed by atoms with Crippen LogP contribution in [0.2, 0.25) is 0 Å². The first-order chi connectivity index (χ1) is 10.2. The summed E-state index contributed by atoms with van der Waals surface area (Å²) in [5.74, 6) is 1.87. The number of piperidine rings is 1. The third-order valence-corrected chi connectivity index (χ3v) is 4.26. The number of amides is 1. The first-order valence-corrected chi connectivity index (χ1v) is 7.84. The van der Waals surface area contributed by atoms with Crippen LogP contribution in [-0.2, 0) is 11.2 Å². The van der Waals surface area contributed by atoms with E-state index in [-0.39, 0.29) is 18.3 Å². The van der Waals surface area contributed by atoms with E-state index in [1.54, 1.807) is 7.11 Å². The molecule has 22 heavy (non-hydrogen) atoms. The number of halogens is 1. The molecule has 0 aliphatic carbocycles. The van der Waals surface area contributed by atoms with Crippen molar-refractivity contribution >= 4 is 18.3 Å². The van der Waals surface area contributed by atoms with Crippen LogP contribution in [0.3, 0.4) is 0 Å². The van der Waals surface area contributed by atoms with Gasteiger partial charge < -0.3 is 15.4 Å². The van der Waals surface area contributed by atoms with Crippen LogP contribution >= 0.6 is 12.4 Å². The molecule has 0 atom stereocenters. The Kier molecular flexibility index (Phi) is 8.28. The maximum Gasteiger partial charge on any atom is 0.222 e. The van der Waals surface area contributed by atoms with Gasteiger partial charge in [-0.3, -0.25) is 4.79 Å². The molecule has 0 aromatic heterocycles. The van der Waals surface area contributed by atoms with Crippen molar-refractivity contribution in [3.8, 4) is 5.75 Å². The number of nitrogens with two attached hydrogens (primary N) is 1.